The van der Waals surface area contributed by atoms with Gasteiger partial charge in [-0.2, -0.15) is 0 Å². The molecule has 0 aliphatic heterocycles. The molecule has 1 aromatic heterocycles. The summed E-state index contributed by atoms with van der Waals surface area (Å²) >= 11 is 1.04. The van der Waals surface area contributed by atoms with Crippen molar-refractivity contribution in [2.24, 2.45) is 5.92 Å². The molecule has 7 heteroatoms. The molecule has 0 unspecified atom stereocenters. The summed E-state index contributed by atoms with van der Waals surface area (Å²) < 4.78 is 0. The number of rotatable bonds is 4. The summed E-state index contributed by atoms with van der Waals surface area (Å²) in [6.45, 7) is 1.60. The Morgan fingerprint density at radius 1 is 1.17 bits per heavy atom. The van der Waals surface area contributed by atoms with Gasteiger partial charge in [-0.1, -0.05) is 19.3 Å². The number of anilines is 1. The van der Waals surface area contributed by atoms with Crippen LogP contribution in [0.1, 0.15) is 57.7 Å². The SMILES string of the molecule is Cc1c(C(=O)N(C)C)sc(NC(=O)C2CCCCC2)c1C(=O)O. The van der Waals surface area contributed by atoms with Crippen LogP contribution in [-0.2, 0) is 4.79 Å². The number of amides is 2. The van der Waals surface area contributed by atoms with Gasteiger partial charge in [0.2, 0.25) is 5.91 Å². The zero-order chi connectivity index (χ0) is 17.1. The van der Waals surface area contributed by atoms with Crippen LogP contribution in [0.4, 0.5) is 5.00 Å². The van der Waals surface area contributed by atoms with Gasteiger partial charge >= 0.3 is 5.97 Å². The van der Waals surface area contributed by atoms with Crippen LogP contribution in [0, 0.1) is 12.8 Å². The first-order valence-electron chi connectivity index (χ1n) is 7.72. The molecule has 2 amide bonds. The smallest absolute Gasteiger partial charge is 0.339 e. The molecule has 126 valence electrons. The van der Waals surface area contributed by atoms with Gasteiger partial charge in [0.25, 0.3) is 5.91 Å². The second-order valence-electron chi connectivity index (χ2n) is 6.09. The number of hydrogen-bond acceptors (Lipinski definition) is 4. The number of nitrogens with one attached hydrogen (secondary N) is 1. The molecule has 1 aromatic rings. The Labute approximate surface area is 139 Å². The third-order valence-electron chi connectivity index (χ3n) is 4.17. The molecule has 0 atom stereocenters. The summed E-state index contributed by atoms with van der Waals surface area (Å²) in [5, 5.41) is 12.4. The first-order valence-corrected chi connectivity index (χ1v) is 8.53. The standard InChI is InChI=1S/C16H22N2O4S/c1-9-11(16(21)22)14(23-12(9)15(20)18(2)3)17-13(19)10-7-5-4-6-8-10/h10H,4-8H2,1-3H3,(H,17,19)(H,21,22). The minimum Gasteiger partial charge on any atom is -0.478 e. The van der Waals surface area contributed by atoms with Crippen molar-refractivity contribution in [2.75, 3.05) is 19.4 Å². The predicted octanol–water partition coefficient (Wildman–Crippen LogP) is 2.98. The maximum atomic E-state index is 12.4. The van der Waals surface area contributed by atoms with E-state index >= 15 is 0 Å². The van der Waals surface area contributed by atoms with Crippen molar-refractivity contribution in [3.05, 3.63) is 16.0 Å². The van der Waals surface area contributed by atoms with Crippen molar-refractivity contribution in [1.29, 1.82) is 0 Å². The van der Waals surface area contributed by atoms with E-state index in [0.717, 1.165) is 43.4 Å². The number of hydrogen-bond donors (Lipinski definition) is 2. The van der Waals surface area contributed by atoms with Crippen molar-refractivity contribution >= 4 is 34.1 Å². The van der Waals surface area contributed by atoms with E-state index in [2.05, 4.69) is 5.32 Å². The fraction of sp³-hybridized carbons (Fsp3) is 0.562. The van der Waals surface area contributed by atoms with E-state index in [1.54, 1.807) is 21.0 Å². The van der Waals surface area contributed by atoms with Crippen LogP contribution in [0.2, 0.25) is 0 Å². The Hall–Kier alpha value is -1.89. The molecule has 23 heavy (non-hydrogen) atoms. The number of nitrogens with zero attached hydrogens (tertiary/aromatic N) is 1. The van der Waals surface area contributed by atoms with Gasteiger partial charge in [0.05, 0.1) is 10.4 Å². The largest absolute Gasteiger partial charge is 0.478 e. The van der Waals surface area contributed by atoms with Gasteiger partial charge in [0.15, 0.2) is 0 Å². The molecule has 2 rings (SSSR count). The molecule has 1 aliphatic carbocycles. The molecule has 0 saturated heterocycles. The van der Waals surface area contributed by atoms with Crippen molar-refractivity contribution in [2.45, 2.75) is 39.0 Å². The normalized spacial score (nSPS) is 15.3. The average Bonchev–Trinajstić information content (AvgIpc) is 2.83. The molecule has 6 nitrogen and oxygen atoms in total. The molecule has 0 radical (unpaired) electrons. The number of carboxylic acid groups (broad SMARTS) is 1. The van der Waals surface area contributed by atoms with Crippen molar-refractivity contribution in [3.63, 3.8) is 0 Å². The number of thiophene rings is 1. The molecule has 0 bridgehead atoms. The van der Waals surface area contributed by atoms with Gasteiger partial charge in [-0.25, -0.2) is 4.79 Å². The lowest BCUT2D eigenvalue weighted by atomic mass is 9.89. The Bertz CT molecular complexity index is 630. The van der Waals surface area contributed by atoms with Gasteiger partial charge in [-0.3, -0.25) is 9.59 Å². The van der Waals surface area contributed by atoms with Crippen LogP contribution in [0.15, 0.2) is 0 Å². The molecular formula is C16H22N2O4S. The van der Waals surface area contributed by atoms with E-state index < -0.39 is 5.97 Å². The quantitative estimate of drug-likeness (QED) is 0.883. The zero-order valence-electron chi connectivity index (χ0n) is 13.6. The average molecular weight is 338 g/mol. The Morgan fingerprint density at radius 3 is 2.30 bits per heavy atom. The highest BCUT2D eigenvalue weighted by Gasteiger charge is 2.28. The van der Waals surface area contributed by atoms with E-state index in [4.69, 9.17) is 0 Å². The van der Waals surface area contributed by atoms with E-state index in [0.29, 0.717) is 10.4 Å². The second kappa shape index (κ2) is 7.12. The van der Waals surface area contributed by atoms with Crippen LogP contribution in [0.3, 0.4) is 0 Å². The molecular weight excluding hydrogens is 316 g/mol. The monoisotopic (exact) mass is 338 g/mol. The minimum atomic E-state index is -1.13. The van der Waals surface area contributed by atoms with E-state index in [1.165, 1.54) is 4.90 Å². The number of carbonyl (C=O) groups excluding carboxylic acids is 2. The van der Waals surface area contributed by atoms with E-state index in [-0.39, 0.29) is 28.3 Å². The van der Waals surface area contributed by atoms with Crippen LogP contribution >= 0.6 is 11.3 Å². The lowest BCUT2D eigenvalue weighted by molar-refractivity contribution is -0.120. The minimum absolute atomic E-state index is 0.0179. The van der Waals surface area contributed by atoms with Crippen LogP contribution in [0.5, 0.6) is 0 Å². The zero-order valence-corrected chi connectivity index (χ0v) is 14.5. The van der Waals surface area contributed by atoms with Crippen LogP contribution in [-0.4, -0.2) is 41.9 Å². The highest BCUT2D eigenvalue weighted by molar-refractivity contribution is 7.18. The topological polar surface area (TPSA) is 86.7 Å². The lowest BCUT2D eigenvalue weighted by Gasteiger charge is -2.20. The van der Waals surface area contributed by atoms with E-state index in [1.807, 2.05) is 0 Å². The Morgan fingerprint density at radius 2 is 1.78 bits per heavy atom. The predicted molar refractivity (Wildman–Crippen MR) is 89.2 cm³/mol. The molecule has 0 aromatic carbocycles. The highest BCUT2D eigenvalue weighted by atomic mass is 32.1. The van der Waals surface area contributed by atoms with Gasteiger partial charge in [0, 0.05) is 20.0 Å². The van der Waals surface area contributed by atoms with E-state index in [9.17, 15) is 19.5 Å². The Kier molecular flexibility index (Phi) is 5.41. The second-order valence-corrected chi connectivity index (χ2v) is 7.11. The molecule has 0 spiro atoms. The maximum absolute atomic E-state index is 12.4. The van der Waals surface area contributed by atoms with Gasteiger partial charge < -0.3 is 15.3 Å². The van der Waals surface area contributed by atoms with Gasteiger partial charge in [0.1, 0.15) is 5.00 Å². The third kappa shape index (κ3) is 3.72. The fourth-order valence-corrected chi connectivity index (χ4v) is 4.07. The number of carboxylic acids is 1. The molecule has 1 aliphatic rings. The first-order chi connectivity index (χ1) is 10.8. The van der Waals surface area contributed by atoms with Crippen molar-refractivity contribution in [3.8, 4) is 0 Å². The summed E-state index contributed by atoms with van der Waals surface area (Å²) in [6, 6.07) is 0. The third-order valence-corrected chi connectivity index (χ3v) is 5.37. The van der Waals surface area contributed by atoms with Gasteiger partial charge in [-0.15, -0.1) is 11.3 Å². The summed E-state index contributed by atoms with van der Waals surface area (Å²) in [6.07, 6.45) is 4.86. The summed E-state index contributed by atoms with van der Waals surface area (Å²) in [5.74, 6) is -1.60. The number of carbonyl (C=O) groups is 3. The fourth-order valence-electron chi connectivity index (χ4n) is 2.84. The summed E-state index contributed by atoms with van der Waals surface area (Å²) in [7, 11) is 3.23. The first kappa shape index (κ1) is 17.5. The van der Waals surface area contributed by atoms with Crippen molar-refractivity contribution in [1.82, 2.24) is 4.90 Å². The van der Waals surface area contributed by atoms with Gasteiger partial charge in [-0.05, 0) is 25.3 Å². The number of aromatic carboxylic acids is 1. The molecule has 1 heterocycles. The molecule has 2 N–H and O–H groups in total. The summed E-state index contributed by atoms with van der Waals surface area (Å²) in [4.78, 5) is 37.8. The Balaban J connectivity index is 2.30. The molecule has 1 saturated carbocycles. The lowest BCUT2D eigenvalue weighted by Crippen LogP contribution is -2.25. The van der Waals surface area contributed by atoms with Crippen LogP contribution < -0.4 is 5.32 Å². The maximum Gasteiger partial charge on any atom is 0.339 e. The van der Waals surface area contributed by atoms with Crippen molar-refractivity contribution < 1.29 is 19.5 Å². The molecule has 1 fully saturated rings. The summed E-state index contributed by atoms with van der Waals surface area (Å²) in [5.41, 5.74) is 0.421. The highest BCUT2D eigenvalue weighted by Crippen LogP contribution is 2.35. The van der Waals surface area contributed by atoms with Crippen LogP contribution in [0.25, 0.3) is 0 Å².